The van der Waals surface area contributed by atoms with E-state index < -0.39 is 0 Å². The van der Waals surface area contributed by atoms with Crippen molar-refractivity contribution < 1.29 is 0 Å². The first-order valence-corrected chi connectivity index (χ1v) is 8.06. The van der Waals surface area contributed by atoms with Crippen LogP contribution < -0.4 is 5.32 Å². The zero-order chi connectivity index (χ0) is 14.4. The largest absolute Gasteiger partial charge is 0.357 e. The first-order chi connectivity index (χ1) is 9.78. The Morgan fingerprint density at radius 1 is 1.15 bits per heavy atom. The number of fused-ring (bicyclic) bond motifs is 1. The lowest BCUT2D eigenvalue weighted by molar-refractivity contribution is 0.324. The summed E-state index contributed by atoms with van der Waals surface area (Å²) < 4.78 is 0. The third kappa shape index (κ3) is 3.61. The molecule has 0 radical (unpaired) electrons. The highest BCUT2D eigenvalue weighted by molar-refractivity contribution is 7.99. The standard InChI is InChI=1S/C15H22N4S/c1-4-19(5-2)10-11-20-14-12-8-6-7-9-13(12)17-15(16-3)18-14/h6-9H,4-5,10-11H2,1-3H3,(H,16,17,18). The Balaban J connectivity index is 2.15. The van der Waals surface area contributed by atoms with Crippen LogP contribution in [0.5, 0.6) is 0 Å². The number of thioether (sulfide) groups is 1. The summed E-state index contributed by atoms with van der Waals surface area (Å²) in [5.74, 6) is 1.74. The molecule has 0 bridgehead atoms. The van der Waals surface area contributed by atoms with Gasteiger partial charge in [0.1, 0.15) is 5.03 Å². The molecule has 0 saturated carbocycles. The Kier molecular flexibility index (Phi) is 5.61. The SMILES string of the molecule is CCN(CC)CCSc1nc(NC)nc2ccccc12. The van der Waals surface area contributed by atoms with Crippen LogP contribution in [0.2, 0.25) is 0 Å². The molecular weight excluding hydrogens is 268 g/mol. The van der Waals surface area contributed by atoms with Crippen molar-refractivity contribution in [3.05, 3.63) is 24.3 Å². The summed E-state index contributed by atoms with van der Waals surface area (Å²) in [7, 11) is 1.86. The maximum Gasteiger partial charge on any atom is 0.224 e. The molecule has 0 unspecified atom stereocenters. The lowest BCUT2D eigenvalue weighted by Gasteiger charge is -2.17. The lowest BCUT2D eigenvalue weighted by Crippen LogP contribution is -2.25. The molecule has 5 heteroatoms. The lowest BCUT2D eigenvalue weighted by atomic mass is 10.2. The third-order valence-corrected chi connectivity index (χ3v) is 4.30. The summed E-state index contributed by atoms with van der Waals surface area (Å²) in [5, 5.41) is 5.23. The number of hydrogen-bond donors (Lipinski definition) is 1. The van der Waals surface area contributed by atoms with Crippen molar-refractivity contribution >= 4 is 28.6 Å². The average molecular weight is 290 g/mol. The van der Waals surface area contributed by atoms with E-state index in [-0.39, 0.29) is 0 Å². The van der Waals surface area contributed by atoms with Crippen LogP contribution in [-0.2, 0) is 0 Å². The highest BCUT2D eigenvalue weighted by atomic mass is 32.2. The Morgan fingerprint density at radius 2 is 1.90 bits per heavy atom. The summed E-state index contributed by atoms with van der Waals surface area (Å²) in [6.45, 7) is 7.69. The predicted octanol–water partition coefficient (Wildman–Crippen LogP) is 3.11. The molecular formula is C15H22N4S. The Labute approximate surface area is 125 Å². The van der Waals surface area contributed by atoms with Gasteiger partial charge in [-0.1, -0.05) is 32.0 Å². The van der Waals surface area contributed by atoms with Crippen molar-refractivity contribution in [3.63, 3.8) is 0 Å². The van der Waals surface area contributed by atoms with Crippen LogP contribution in [0.4, 0.5) is 5.95 Å². The topological polar surface area (TPSA) is 41.1 Å². The molecule has 1 aromatic heterocycles. The summed E-state index contributed by atoms with van der Waals surface area (Å²) in [5.41, 5.74) is 0.997. The molecule has 0 aliphatic heterocycles. The molecule has 0 fully saturated rings. The number of nitrogens with zero attached hydrogens (tertiary/aromatic N) is 3. The van der Waals surface area contributed by atoms with Crippen LogP contribution in [0.1, 0.15) is 13.8 Å². The number of rotatable bonds is 7. The first kappa shape index (κ1) is 15.1. The summed E-state index contributed by atoms with van der Waals surface area (Å²) in [6.07, 6.45) is 0. The Hall–Kier alpha value is -1.33. The zero-order valence-electron chi connectivity index (χ0n) is 12.4. The van der Waals surface area contributed by atoms with Gasteiger partial charge in [0.15, 0.2) is 0 Å². The van der Waals surface area contributed by atoms with E-state index in [0.717, 1.165) is 41.3 Å². The number of aromatic nitrogens is 2. The van der Waals surface area contributed by atoms with Gasteiger partial charge < -0.3 is 10.2 Å². The molecule has 0 spiro atoms. The van der Waals surface area contributed by atoms with Gasteiger partial charge in [-0.3, -0.25) is 0 Å². The molecule has 108 valence electrons. The Bertz CT molecular complexity index is 555. The second-order valence-corrected chi connectivity index (χ2v) is 5.58. The number of anilines is 1. The van der Waals surface area contributed by atoms with Crippen molar-refractivity contribution in [2.75, 3.05) is 37.8 Å². The summed E-state index contributed by atoms with van der Waals surface area (Å²) in [4.78, 5) is 11.5. The second kappa shape index (κ2) is 7.45. The molecule has 0 atom stereocenters. The van der Waals surface area contributed by atoms with E-state index in [1.165, 1.54) is 0 Å². The summed E-state index contributed by atoms with van der Waals surface area (Å²) >= 11 is 1.81. The smallest absolute Gasteiger partial charge is 0.224 e. The van der Waals surface area contributed by atoms with E-state index in [2.05, 4.69) is 40.1 Å². The van der Waals surface area contributed by atoms with Gasteiger partial charge in [0.25, 0.3) is 0 Å². The molecule has 1 heterocycles. The van der Waals surface area contributed by atoms with Crippen molar-refractivity contribution in [1.29, 1.82) is 0 Å². The van der Waals surface area contributed by atoms with Gasteiger partial charge in [0, 0.05) is 24.7 Å². The van der Waals surface area contributed by atoms with Gasteiger partial charge in [0.05, 0.1) is 5.52 Å². The van der Waals surface area contributed by atoms with Crippen molar-refractivity contribution in [3.8, 4) is 0 Å². The summed E-state index contributed by atoms with van der Waals surface area (Å²) in [6, 6.07) is 8.18. The molecule has 1 N–H and O–H groups in total. The second-order valence-electron chi connectivity index (χ2n) is 4.49. The molecule has 0 aliphatic carbocycles. The first-order valence-electron chi connectivity index (χ1n) is 7.08. The Morgan fingerprint density at radius 3 is 2.60 bits per heavy atom. The maximum atomic E-state index is 4.59. The van der Waals surface area contributed by atoms with Gasteiger partial charge in [-0.2, -0.15) is 0 Å². The zero-order valence-corrected chi connectivity index (χ0v) is 13.2. The molecule has 2 aromatic rings. The predicted molar refractivity (Wildman–Crippen MR) is 87.6 cm³/mol. The van der Waals surface area contributed by atoms with Crippen LogP contribution in [0.25, 0.3) is 10.9 Å². The van der Waals surface area contributed by atoms with Gasteiger partial charge in [-0.25, -0.2) is 9.97 Å². The van der Waals surface area contributed by atoms with Crippen molar-refractivity contribution in [2.45, 2.75) is 18.9 Å². The van der Waals surface area contributed by atoms with Crippen LogP contribution in [0.3, 0.4) is 0 Å². The molecule has 0 saturated heterocycles. The van der Waals surface area contributed by atoms with E-state index in [0.29, 0.717) is 5.95 Å². The molecule has 20 heavy (non-hydrogen) atoms. The normalized spacial score (nSPS) is 11.2. The molecule has 2 rings (SSSR count). The number of hydrogen-bond acceptors (Lipinski definition) is 5. The fourth-order valence-corrected chi connectivity index (χ4v) is 3.10. The van der Waals surface area contributed by atoms with Crippen LogP contribution in [-0.4, -0.2) is 47.3 Å². The van der Waals surface area contributed by atoms with E-state index in [4.69, 9.17) is 0 Å². The van der Waals surface area contributed by atoms with E-state index in [1.54, 1.807) is 11.8 Å². The number of nitrogens with one attached hydrogen (secondary N) is 1. The van der Waals surface area contributed by atoms with Gasteiger partial charge in [-0.05, 0) is 19.2 Å². The van der Waals surface area contributed by atoms with Gasteiger partial charge in [-0.15, -0.1) is 11.8 Å². The maximum absolute atomic E-state index is 4.59. The monoisotopic (exact) mass is 290 g/mol. The van der Waals surface area contributed by atoms with Crippen LogP contribution in [0, 0.1) is 0 Å². The fourth-order valence-electron chi connectivity index (χ4n) is 2.08. The molecule has 0 aliphatic rings. The van der Waals surface area contributed by atoms with Crippen LogP contribution >= 0.6 is 11.8 Å². The third-order valence-electron chi connectivity index (χ3n) is 3.33. The quantitative estimate of drug-likeness (QED) is 0.627. The van der Waals surface area contributed by atoms with Gasteiger partial charge >= 0.3 is 0 Å². The average Bonchev–Trinajstić information content (AvgIpc) is 2.51. The fraction of sp³-hybridized carbons (Fsp3) is 0.467. The minimum absolute atomic E-state index is 0.689. The van der Waals surface area contributed by atoms with Crippen molar-refractivity contribution in [1.82, 2.24) is 14.9 Å². The van der Waals surface area contributed by atoms with E-state index >= 15 is 0 Å². The molecule has 1 aromatic carbocycles. The molecule has 0 amide bonds. The number of benzene rings is 1. The van der Waals surface area contributed by atoms with Crippen LogP contribution in [0.15, 0.2) is 29.3 Å². The number of para-hydroxylation sites is 1. The highest BCUT2D eigenvalue weighted by Gasteiger charge is 2.08. The van der Waals surface area contributed by atoms with E-state index in [1.807, 2.05) is 25.2 Å². The molecule has 4 nitrogen and oxygen atoms in total. The minimum Gasteiger partial charge on any atom is -0.357 e. The van der Waals surface area contributed by atoms with E-state index in [9.17, 15) is 0 Å². The highest BCUT2D eigenvalue weighted by Crippen LogP contribution is 2.26. The van der Waals surface area contributed by atoms with Crippen molar-refractivity contribution in [2.24, 2.45) is 0 Å². The van der Waals surface area contributed by atoms with Gasteiger partial charge in [0.2, 0.25) is 5.95 Å². The minimum atomic E-state index is 0.689.